The highest BCUT2D eigenvalue weighted by atomic mass is 32.2. The van der Waals surface area contributed by atoms with Crippen LogP contribution in [0.25, 0.3) is 0 Å². The molecule has 40 heavy (non-hydrogen) atoms. The minimum absolute atomic E-state index is 0.00135. The standard InChI is InChI=1S/C29H20F2N6O2S/c30-18-8-5-6-16(12-18)14-37-22-11-4-2-9-19(22)29(27(37)39)20(13-32)24(33)34-25-23(29)26(38)36-28(35-25)40-15-17-7-1-3-10-21(17)31/h1-12H,14-15,33H2,(H2,34,35,36,38)/t29-/m0/s1. The number of nitrogens with one attached hydrogen (secondary N) is 2. The van der Waals surface area contributed by atoms with Crippen molar-refractivity contribution in [3.63, 3.8) is 0 Å². The molecule has 0 bridgehead atoms. The monoisotopic (exact) mass is 554 g/mol. The molecule has 4 aromatic rings. The minimum Gasteiger partial charge on any atom is -0.384 e. The van der Waals surface area contributed by atoms with Crippen molar-refractivity contribution in [2.45, 2.75) is 22.9 Å². The number of thioether (sulfide) groups is 1. The van der Waals surface area contributed by atoms with Crippen LogP contribution in [0.15, 0.2) is 94.1 Å². The molecule has 1 amide bonds. The van der Waals surface area contributed by atoms with Gasteiger partial charge in [0.15, 0.2) is 5.16 Å². The van der Waals surface area contributed by atoms with Crippen molar-refractivity contribution < 1.29 is 13.6 Å². The van der Waals surface area contributed by atoms with Crippen LogP contribution in [0.1, 0.15) is 22.3 Å². The Bertz CT molecular complexity index is 1830. The highest BCUT2D eigenvalue weighted by Crippen LogP contribution is 2.53. The third-order valence-corrected chi connectivity index (χ3v) is 7.92. The molecular weight excluding hydrogens is 534 g/mol. The summed E-state index contributed by atoms with van der Waals surface area (Å²) in [6.07, 6.45) is 0. The number of carbonyl (C=O) groups excluding carboxylic acids is 1. The molecule has 11 heteroatoms. The largest absolute Gasteiger partial charge is 0.384 e. The predicted molar refractivity (Wildman–Crippen MR) is 146 cm³/mol. The van der Waals surface area contributed by atoms with Gasteiger partial charge in [0.05, 0.1) is 17.7 Å². The molecule has 2 aliphatic heterocycles. The van der Waals surface area contributed by atoms with E-state index in [-0.39, 0.29) is 46.0 Å². The van der Waals surface area contributed by atoms with Crippen LogP contribution in [0.3, 0.4) is 0 Å². The Morgan fingerprint density at radius 3 is 2.60 bits per heavy atom. The van der Waals surface area contributed by atoms with Crippen LogP contribution in [0, 0.1) is 23.0 Å². The molecule has 0 fully saturated rings. The Morgan fingerprint density at radius 2 is 1.82 bits per heavy atom. The number of nitrogens with zero attached hydrogens (tertiary/aromatic N) is 3. The van der Waals surface area contributed by atoms with Crippen LogP contribution < -0.4 is 21.5 Å². The van der Waals surface area contributed by atoms with Crippen molar-refractivity contribution in [2.24, 2.45) is 5.73 Å². The molecule has 1 aromatic heterocycles. The van der Waals surface area contributed by atoms with Crippen molar-refractivity contribution in [1.82, 2.24) is 9.97 Å². The maximum absolute atomic E-state index is 14.4. The molecule has 8 nitrogen and oxygen atoms in total. The van der Waals surface area contributed by atoms with Gasteiger partial charge in [0.25, 0.3) is 5.56 Å². The second kappa shape index (κ2) is 9.66. The Kier molecular flexibility index (Phi) is 6.12. The fraction of sp³-hybridized carbons (Fsp3) is 0.103. The van der Waals surface area contributed by atoms with Gasteiger partial charge in [-0.2, -0.15) is 5.26 Å². The SMILES string of the molecule is N#CC1=C(N)Nc2nc(SCc3ccccc3F)[nH]c(=O)c2[C@@]12C(=O)N(Cc1cccc(F)c1)c1ccccc12. The van der Waals surface area contributed by atoms with E-state index in [2.05, 4.69) is 15.3 Å². The van der Waals surface area contributed by atoms with Gasteiger partial charge in [-0.05, 0) is 35.4 Å². The van der Waals surface area contributed by atoms with E-state index < -0.39 is 22.7 Å². The second-order valence-corrected chi connectivity index (χ2v) is 10.3. The van der Waals surface area contributed by atoms with E-state index in [1.165, 1.54) is 23.1 Å². The van der Waals surface area contributed by atoms with Crippen LogP contribution in [0.2, 0.25) is 0 Å². The van der Waals surface area contributed by atoms with E-state index in [0.717, 1.165) is 11.8 Å². The smallest absolute Gasteiger partial charge is 0.258 e. The number of hydrogen-bond acceptors (Lipinski definition) is 7. The van der Waals surface area contributed by atoms with Crippen LogP contribution >= 0.6 is 11.8 Å². The first-order valence-electron chi connectivity index (χ1n) is 12.2. The van der Waals surface area contributed by atoms with Gasteiger partial charge in [0, 0.05) is 17.0 Å². The topological polar surface area (TPSA) is 128 Å². The Hall–Kier alpha value is -4.95. The van der Waals surface area contributed by atoms with E-state index in [9.17, 15) is 23.6 Å². The number of anilines is 2. The summed E-state index contributed by atoms with van der Waals surface area (Å²) in [4.78, 5) is 36.8. The molecule has 3 heterocycles. The normalized spacial score (nSPS) is 17.4. The lowest BCUT2D eigenvalue weighted by Crippen LogP contribution is -2.49. The number of H-pyrrole nitrogens is 1. The van der Waals surface area contributed by atoms with Gasteiger partial charge in [0.2, 0.25) is 5.91 Å². The third kappa shape index (κ3) is 3.84. The number of aromatic amines is 1. The molecule has 2 aliphatic rings. The lowest BCUT2D eigenvalue weighted by molar-refractivity contribution is -0.120. The molecule has 6 rings (SSSR count). The summed E-state index contributed by atoms with van der Waals surface area (Å²) in [5, 5.41) is 13.2. The van der Waals surface area contributed by atoms with E-state index in [1.807, 2.05) is 6.07 Å². The molecule has 198 valence electrons. The lowest BCUT2D eigenvalue weighted by atomic mass is 9.69. The zero-order valence-electron chi connectivity index (χ0n) is 20.7. The van der Waals surface area contributed by atoms with Crippen molar-refractivity contribution >= 4 is 29.2 Å². The van der Waals surface area contributed by atoms with E-state index in [0.29, 0.717) is 22.4 Å². The first-order valence-corrected chi connectivity index (χ1v) is 13.2. The highest BCUT2D eigenvalue weighted by Gasteiger charge is 2.60. The maximum atomic E-state index is 14.4. The number of halogens is 2. The number of hydrogen-bond donors (Lipinski definition) is 3. The van der Waals surface area contributed by atoms with Gasteiger partial charge >= 0.3 is 0 Å². The van der Waals surface area contributed by atoms with Crippen molar-refractivity contribution in [3.8, 4) is 6.07 Å². The van der Waals surface area contributed by atoms with Crippen LogP contribution in [0.5, 0.6) is 0 Å². The van der Waals surface area contributed by atoms with Crippen molar-refractivity contribution in [2.75, 3.05) is 10.2 Å². The average molecular weight is 555 g/mol. The molecule has 0 radical (unpaired) electrons. The van der Waals surface area contributed by atoms with Crippen molar-refractivity contribution in [1.29, 1.82) is 5.26 Å². The maximum Gasteiger partial charge on any atom is 0.258 e. The molecule has 4 N–H and O–H groups in total. The van der Waals surface area contributed by atoms with Crippen LogP contribution in [0.4, 0.5) is 20.3 Å². The number of carbonyl (C=O) groups is 1. The first kappa shape index (κ1) is 25.3. The summed E-state index contributed by atoms with van der Waals surface area (Å²) in [5.74, 6) is -1.33. The highest BCUT2D eigenvalue weighted by molar-refractivity contribution is 7.98. The van der Waals surface area contributed by atoms with Crippen molar-refractivity contribution in [3.05, 3.63) is 128 Å². The number of fused-ring (bicyclic) bond motifs is 4. The predicted octanol–water partition coefficient (Wildman–Crippen LogP) is 4.29. The summed E-state index contributed by atoms with van der Waals surface area (Å²) in [7, 11) is 0. The molecule has 1 spiro atoms. The number of amides is 1. The van der Waals surface area contributed by atoms with Gasteiger partial charge in [0.1, 0.15) is 34.8 Å². The number of benzene rings is 3. The quantitative estimate of drug-likeness (QED) is 0.248. The minimum atomic E-state index is -1.88. The zero-order chi connectivity index (χ0) is 28.0. The average Bonchev–Trinajstić information content (AvgIpc) is 3.16. The Morgan fingerprint density at radius 1 is 1.05 bits per heavy atom. The molecule has 0 saturated carbocycles. The third-order valence-electron chi connectivity index (χ3n) is 7.00. The fourth-order valence-electron chi connectivity index (χ4n) is 5.29. The molecule has 1 atom stereocenters. The van der Waals surface area contributed by atoms with Gasteiger partial charge in [-0.15, -0.1) is 0 Å². The Balaban J connectivity index is 1.50. The van der Waals surface area contributed by atoms with Gasteiger partial charge in [-0.1, -0.05) is 60.3 Å². The van der Waals surface area contributed by atoms with Crippen LogP contribution in [-0.2, 0) is 22.5 Å². The zero-order valence-corrected chi connectivity index (χ0v) is 21.6. The Labute approximate surface area is 231 Å². The molecule has 0 aliphatic carbocycles. The fourth-order valence-corrected chi connectivity index (χ4v) is 6.14. The van der Waals surface area contributed by atoms with E-state index in [1.54, 1.807) is 54.6 Å². The summed E-state index contributed by atoms with van der Waals surface area (Å²) < 4.78 is 28.1. The summed E-state index contributed by atoms with van der Waals surface area (Å²) in [5.41, 5.74) is 5.36. The number of rotatable bonds is 5. The van der Waals surface area contributed by atoms with Gasteiger partial charge in [-0.3, -0.25) is 9.59 Å². The number of para-hydroxylation sites is 1. The summed E-state index contributed by atoms with van der Waals surface area (Å²) >= 11 is 1.10. The lowest BCUT2D eigenvalue weighted by Gasteiger charge is -2.34. The van der Waals surface area contributed by atoms with Gasteiger partial charge < -0.3 is 20.9 Å². The summed E-state index contributed by atoms with van der Waals surface area (Å²) in [6, 6.07) is 21.0. The summed E-state index contributed by atoms with van der Waals surface area (Å²) in [6.45, 7) is -0.00135. The van der Waals surface area contributed by atoms with E-state index in [4.69, 9.17) is 5.73 Å². The molecule has 0 unspecified atom stereocenters. The molecule has 0 saturated heterocycles. The number of nitrogens with two attached hydrogens (primary N) is 1. The molecular formula is C29H20F2N6O2S. The second-order valence-electron chi connectivity index (χ2n) is 9.29. The number of nitriles is 1. The van der Waals surface area contributed by atoms with Crippen LogP contribution in [-0.4, -0.2) is 15.9 Å². The molecule has 3 aromatic carbocycles. The van der Waals surface area contributed by atoms with Gasteiger partial charge in [-0.25, -0.2) is 13.8 Å². The number of aromatic nitrogens is 2. The van der Waals surface area contributed by atoms with E-state index >= 15 is 0 Å². The first-order chi connectivity index (χ1) is 19.3.